The monoisotopic (exact) mass is 468 g/mol. The zero-order chi connectivity index (χ0) is 23.4. The minimum Gasteiger partial charge on any atom is -0.493 e. The Morgan fingerprint density at radius 3 is 2.58 bits per heavy atom. The van der Waals surface area contributed by atoms with Crippen molar-refractivity contribution in [1.29, 1.82) is 0 Å². The highest BCUT2D eigenvalue weighted by atomic mass is 35.5. The first-order chi connectivity index (χ1) is 16.0. The SMILES string of the molecule is COc1cc2c(cc1OC)C(CNC(=O)c1cccc(Cl)c1)N(Cc1ccccc1F)CC2. The topological polar surface area (TPSA) is 50.8 Å². The average molecular weight is 469 g/mol. The largest absolute Gasteiger partial charge is 0.493 e. The summed E-state index contributed by atoms with van der Waals surface area (Å²) in [7, 11) is 3.21. The third kappa shape index (κ3) is 5.13. The van der Waals surface area contributed by atoms with Crippen molar-refractivity contribution in [3.05, 3.63) is 93.8 Å². The first-order valence-electron chi connectivity index (χ1n) is 10.8. The Bertz CT molecular complexity index is 1150. The van der Waals surface area contributed by atoms with Gasteiger partial charge in [0.2, 0.25) is 0 Å². The molecule has 0 aromatic heterocycles. The maximum absolute atomic E-state index is 14.4. The molecule has 0 radical (unpaired) electrons. The second-order valence-electron chi connectivity index (χ2n) is 7.95. The Hall–Kier alpha value is -3.09. The van der Waals surface area contributed by atoms with Crippen molar-refractivity contribution in [2.75, 3.05) is 27.3 Å². The molecular weight excluding hydrogens is 443 g/mol. The van der Waals surface area contributed by atoms with Crippen molar-refractivity contribution in [2.24, 2.45) is 0 Å². The van der Waals surface area contributed by atoms with Crippen LogP contribution in [-0.2, 0) is 13.0 Å². The molecule has 1 heterocycles. The standard InChI is InChI=1S/C26H26ClFN2O3/c1-32-24-13-17-10-11-30(16-19-6-3-4-9-22(19)28)23(21(17)14-25(24)33-2)15-29-26(31)18-7-5-8-20(27)12-18/h3-9,12-14,23H,10-11,15-16H2,1-2H3,(H,29,31). The Kier molecular flexibility index (Phi) is 7.16. The van der Waals surface area contributed by atoms with Gasteiger partial charge in [0.1, 0.15) is 5.82 Å². The minimum absolute atomic E-state index is 0.170. The van der Waals surface area contributed by atoms with Gasteiger partial charge in [-0.25, -0.2) is 4.39 Å². The number of ether oxygens (including phenoxy) is 2. The van der Waals surface area contributed by atoms with Crippen LogP contribution in [0.15, 0.2) is 60.7 Å². The van der Waals surface area contributed by atoms with E-state index in [2.05, 4.69) is 10.2 Å². The van der Waals surface area contributed by atoms with E-state index < -0.39 is 0 Å². The Balaban J connectivity index is 1.64. The highest BCUT2D eigenvalue weighted by Gasteiger charge is 2.30. The average Bonchev–Trinajstić information content (AvgIpc) is 2.83. The molecule has 172 valence electrons. The van der Waals surface area contributed by atoms with Crippen molar-refractivity contribution in [2.45, 2.75) is 19.0 Å². The predicted octanol–water partition coefficient (Wildman–Crippen LogP) is 5.03. The van der Waals surface area contributed by atoms with Gasteiger partial charge in [-0.2, -0.15) is 0 Å². The number of nitrogens with zero attached hydrogens (tertiary/aromatic N) is 1. The molecule has 0 saturated heterocycles. The molecule has 0 aliphatic carbocycles. The van der Waals surface area contributed by atoms with E-state index in [0.717, 1.165) is 17.5 Å². The summed E-state index contributed by atoms with van der Waals surface area (Å²) >= 11 is 6.05. The lowest BCUT2D eigenvalue weighted by molar-refractivity contribution is 0.0925. The Morgan fingerprint density at radius 2 is 1.85 bits per heavy atom. The fraction of sp³-hybridized carbons (Fsp3) is 0.269. The Morgan fingerprint density at radius 1 is 1.09 bits per heavy atom. The number of carbonyl (C=O) groups excluding carboxylic acids is 1. The van der Waals surface area contributed by atoms with E-state index in [1.54, 1.807) is 50.6 Å². The Labute approximate surface area is 198 Å². The van der Waals surface area contributed by atoms with Gasteiger partial charge in [-0.15, -0.1) is 0 Å². The highest BCUT2D eigenvalue weighted by Crippen LogP contribution is 2.38. The van der Waals surface area contributed by atoms with Crippen LogP contribution in [0.3, 0.4) is 0 Å². The van der Waals surface area contributed by atoms with E-state index in [1.165, 1.54) is 6.07 Å². The molecule has 1 N–H and O–H groups in total. The van der Waals surface area contributed by atoms with Crippen LogP contribution in [0, 0.1) is 5.82 Å². The van der Waals surface area contributed by atoms with Gasteiger partial charge in [0.05, 0.1) is 20.3 Å². The van der Waals surface area contributed by atoms with E-state index in [0.29, 0.717) is 47.3 Å². The number of hydrogen-bond donors (Lipinski definition) is 1. The third-order valence-electron chi connectivity index (χ3n) is 5.99. The molecule has 3 aromatic carbocycles. The van der Waals surface area contributed by atoms with E-state index in [4.69, 9.17) is 21.1 Å². The molecule has 3 aromatic rings. The quantitative estimate of drug-likeness (QED) is 0.528. The highest BCUT2D eigenvalue weighted by molar-refractivity contribution is 6.30. The maximum atomic E-state index is 14.4. The molecule has 1 atom stereocenters. The number of benzene rings is 3. The molecule has 0 fully saturated rings. The fourth-order valence-electron chi connectivity index (χ4n) is 4.27. The van der Waals surface area contributed by atoms with Crippen LogP contribution in [0.5, 0.6) is 11.5 Å². The van der Waals surface area contributed by atoms with Gasteiger partial charge >= 0.3 is 0 Å². The van der Waals surface area contributed by atoms with Gasteiger partial charge < -0.3 is 14.8 Å². The molecule has 0 saturated carbocycles. The molecule has 1 amide bonds. The fourth-order valence-corrected chi connectivity index (χ4v) is 4.47. The smallest absolute Gasteiger partial charge is 0.251 e. The second-order valence-corrected chi connectivity index (χ2v) is 8.39. The molecule has 4 rings (SSSR count). The number of rotatable bonds is 7. The van der Waals surface area contributed by atoms with E-state index in [-0.39, 0.29) is 17.8 Å². The van der Waals surface area contributed by atoms with Crippen LogP contribution in [0.4, 0.5) is 4.39 Å². The number of amides is 1. The summed E-state index contributed by atoms with van der Waals surface area (Å²) < 4.78 is 25.4. The van der Waals surface area contributed by atoms with Crippen molar-refractivity contribution in [1.82, 2.24) is 10.2 Å². The van der Waals surface area contributed by atoms with Gasteiger partial charge in [-0.3, -0.25) is 9.69 Å². The molecular formula is C26H26ClFN2O3. The molecule has 1 aliphatic heterocycles. The van der Waals surface area contributed by atoms with E-state index in [9.17, 15) is 9.18 Å². The van der Waals surface area contributed by atoms with E-state index >= 15 is 0 Å². The lowest BCUT2D eigenvalue weighted by Gasteiger charge is -2.38. The van der Waals surface area contributed by atoms with Crippen molar-refractivity contribution in [3.8, 4) is 11.5 Å². The van der Waals surface area contributed by atoms with Crippen LogP contribution in [0.2, 0.25) is 5.02 Å². The van der Waals surface area contributed by atoms with Crippen LogP contribution in [-0.4, -0.2) is 38.1 Å². The number of fused-ring (bicyclic) bond motifs is 1. The minimum atomic E-state index is -0.239. The third-order valence-corrected chi connectivity index (χ3v) is 6.22. The number of methoxy groups -OCH3 is 2. The summed E-state index contributed by atoms with van der Waals surface area (Å²) in [5.41, 5.74) is 3.26. The second kappa shape index (κ2) is 10.2. The van der Waals surface area contributed by atoms with Crippen LogP contribution in [0.1, 0.15) is 33.1 Å². The van der Waals surface area contributed by atoms with Gasteiger partial charge in [0.15, 0.2) is 11.5 Å². The summed E-state index contributed by atoms with van der Waals surface area (Å²) in [6, 6.07) is 17.4. The summed E-state index contributed by atoms with van der Waals surface area (Å²) in [5.74, 6) is 0.837. The lowest BCUT2D eigenvalue weighted by Crippen LogP contribution is -2.42. The van der Waals surface area contributed by atoms with Gasteiger partial charge in [-0.1, -0.05) is 35.9 Å². The molecule has 7 heteroatoms. The number of halogens is 2. The predicted molar refractivity (Wildman–Crippen MR) is 127 cm³/mol. The summed E-state index contributed by atoms with van der Waals surface area (Å²) in [6.45, 7) is 1.50. The van der Waals surface area contributed by atoms with Crippen molar-refractivity contribution < 1.29 is 18.7 Å². The number of hydrogen-bond acceptors (Lipinski definition) is 4. The van der Waals surface area contributed by atoms with Gasteiger partial charge in [0, 0.05) is 35.8 Å². The van der Waals surface area contributed by atoms with Crippen molar-refractivity contribution >= 4 is 17.5 Å². The maximum Gasteiger partial charge on any atom is 0.251 e. The van der Waals surface area contributed by atoms with Crippen LogP contribution >= 0.6 is 11.6 Å². The van der Waals surface area contributed by atoms with Crippen LogP contribution in [0.25, 0.3) is 0 Å². The molecule has 0 spiro atoms. The van der Waals surface area contributed by atoms with Gasteiger partial charge in [0.25, 0.3) is 5.91 Å². The first kappa shape index (κ1) is 23.1. The lowest BCUT2D eigenvalue weighted by atomic mass is 9.91. The number of nitrogens with one attached hydrogen (secondary N) is 1. The summed E-state index contributed by atoms with van der Waals surface area (Å²) in [5, 5.41) is 3.53. The molecule has 5 nitrogen and oxygen atoms in total. The van der Waals surface area contributed by atoms with E-state index in [1.807, 2.05) is 18.2 Å². The van der Waals surface area contributed by atoms with Crippen molar-refractivity contribution in [3.63, 3.8) is 0 Å². The normalized spacial score (nSPS) is 15.6. The zero-order valence-corrected chi connectivity index (χ0v) is 19.4. The molecule has 0 bridgehead atoms. The molecule has 33 heavy (non-hydrogen) atoms. The molecule has 1 unspecified atom stereocenters. The summed E-state index contributed by atoms with van der Waals surface area (Å²) in [6.07, 6.45) is 0.781. The van der Waals surface area contributed by atoms with Gasteiger partial charge in [-0.05, 0) is 53.9 Å². The molecule has 1 aliphatic rings. The van der Waals surface area contributed by atoms with Crippen LogP contribution < -0.4 is 14.8 Å². The number of carbonyl (C=O) groups is 1. The first-order valence-corrected chi connectivity index (χ1v) is 11.1. The zero-order valence-electron chi connectivity index (χ0n) is 18.6. The summed E-state index contributed by atoms with van der Waals surface area (Å²) in [4.78, 5) is 15.0.